The largest absolute Gasteiger partial charge is 0.503 e. The van der Waals surface area contributed by atoms with Gasteiger partial charge in [0.25, 0.3) is 11.8 Å². The van der Waals surface area contributed by atoms with Crippen LogP contribution in [-0.2, 0) is 19.2 Å². The number of anilines is 1. The Morgan fingerprint density at radius 3 is 2.09 bits per heavy atom. The van der Waals surface area contributed by atoms with Gasteiger partial charge in [-0.05, 0) is 69.2 Å². The van der Waals surface area contributed by atoms with Gasteiger partial charge in [0.1, 0.15) is 5.69 Å². The van der Waals surface area contributed by atoms with Crippen molar-refractivity contribution in [1.29, 1.82) is 0 Å². The third-order valence-electron chi connectivity index (χ3n) is 9.33. The molecule has 3 fully saturated rings. The zero-order valence-electron chi connectivity index (χ0n) is 23.4. The van der Waals surface area contributed by atoms with Crippen molar-refractivity contribution in [3.8, 4) is 11.5 Å². The van der Waals surface area contributed by atoms with E-state index in [9.17, 15) is 37.5 Å². The summed E-state index contributed by atoms with van der Waals surface area (Å²) < 4.78 is 78.3. The van der Waals surface area contributed by atoms with E-state index in [1.165, 1.54) is 13.2 Å². The molecule has 0 bridgehead atoms. The van der Waals surface area contributed by atoms with E-state index in [1.54, 1.807) is 13.0 Å². The summed E-state index contributed by atoms with van der Waals surface area (Å²) in [7, 11) is 1.22. The number of aromatic hydroxyl groups is 1. The molecular weight excluding hydrogens is 798 g/mol. The average molecular weight is 817 g/mol. The van der Waals surface area contributed by atoms with E-state index in [-0.39, 0.29) is 43.7 Å². The number of hydrogen-bond donors (Lipinski definition) is 1. The number of fused-ring (bicyclic) bond motifs is 4. The number of phenols is 1. The Balaban J connectivity index is 1.66. The van der Waals surface area contributed by atoms with E-state index < -0.39 is 104 Å². The van der Waals surface area contributed by atoms with Gasteiger partial charge < -0.3 is 9.84 Å². The lowest BCUT2D eigenvalue weighted by atomic mass is 9.56. The molecule has 8 nitrogen and oxygen atoms in total. The highest BCUT2D eigenvalue weighted by molar-refractivity contribution is 9.13. The number of carbonyl (C=O) groups is 4. The average Bonchev–Trinajstić information content (AvgIpc) is 3.36. The first-order chi connectivity index (χ1) is 21.5. The Bertz CT molecular complexity index is 1820. The van der Waals surface area contributed by atoms with Gasteiger partial charge in [-0.3, -0.25) is 24.1 Å². The smallest absolute Gasteiger partial charge is 0.258 e. The third-order valence-corrected chi connectivity index (χ3v) is 12.9. The van der Waals surface area contributed by atoms with Crippen LogP contribution < -0.4 is 9.64 Å². The second-order valence-electron chi connectivity index (χ2n) is 11.3. The van der Waals surface area contributed by atoms with Crippen LogP contribution in [0.15, 0.2) is 26.7 Å². The van der Waals surface area contributed by atoms with Gasteiger partial charge in [0, 0.05) is 16.9 Å². The summed E-state index contributed by atoms with van der Waals surface area (Å²) in [6.45, 7) is 1.64. The molecule has 1 saturated carbocycles. The summed E-state index contributed by atoms with van der Waals surface area (Å²) >= 11 is 20.8. The highest BCUT2D eigenvalue weighted by atomic mass is 79.9. The topological polar surface area (TPSA) is 104 Å². The quantitative estimate of drug-likeness (QED) is 0.0985. The number of allylic oxidation sites excluding steroid dienone is 2. The van der Waals surface area contributed by atoms with E-state index >= 15 is 8.78 Å². The van der Waals surface area contributed by atoms with Crippen molar-refractivity contribution < 1.29 is 51.0 Å². The molecule has 2 aromatic rings. The van der Waals surface area contributed by atoms with Crippen LogP contribution in [0, 0.1) is 46.8 Å². The zero-order valence-corrected chi connectivity index (χ0v) is 28.1. The number of alkyl halides is 2. The van der Waals surface area contributed by atoms with E-state index in [0.29, 0.717) is 0 Å². The molecule has 17 heteroatoms. The van der Waals surface area contributed by atoms with E-state index in [1.807, 2.05) is 0 Å². The molecule has 0 aromatic heterocycles. The number of imide groups is 2. The number of phenolic OH excluding ortho intramolecular Hbond substituents is 1. The van der Waals surface area contributed by atoms with Gasteiger partial charge >= 0.3 is 0 Å². The summed E-state index contributed by atoms with van der Waals surface area (Å²) in [6.07, 6.45) is 0.955. The normalized spacial score (nSPS) is 30.5. The molecule has 46 heavy (non-hydrogen) atoms. The molecule has 2 saturated heterocycles. The number of carbonyl (C=O) groups excluding carboxylic acids is 4. The van der Waals surface area contributed by atoms with E-state index in [0.717, 1.165) is 4.90 Å². The van der Waals surface area contributed by atoms with Crippen LogP contribution in [0.2, 0.25) is 0 Å². The molecule has 2 heterocycles. The highest BCUT2D eigenvalue weighted by Gasteiger charge is 2.77. The Morgan fingerprint density at radius 1 is 0.935 bits per heavy atom. The lowest BCUT2D eigenvalue weighted by molar-refractivity contribution is -0.140. The first kappa shape index (κ1) is 33.2. The van der Waals surface area contributed by atoms with Crippen LogP contribution >= 0.6 is 55.1 Å². The number of likely N-dealkylation sites (tertiary alicyclic amines) is 1. The molecule has 0 radical (unpaired) electrons. The lowest BCUT2D eigenvalue weighted by Crippen LogP contribution is -2.60. The number of ether oxygens (including phenoxy) is 1. The lowest BCUT2D eigenvalue weighted by Gasteiger charge is -2.51. The number of nitrogens with zero attached hydrogens (tertiary/aromatic N) is 2. The Morgan fingerprint density at radius 2 is 1.52 bits per heavy atom. The van der Waals surface area contributed by atoms with Gasteiger partial charge in [-0.25, -0.2) is 26.9 Å². The molecule has 4 amide bonds. The minimum atomic E-state index is -2.72. The fraction of sp³-hybridized carbons (Fsp3) is 0.379. The molecule has 2 aliphatic carbocycles. The Hall–Kier alpha value is -2.75. The first-order valence-electron chi connectivity index (χ1n) is 13.6. The summed E-state index contributed by atoms with van der Waals surface area (Å²) in [4.78, 5) is 50.7. The minimum absolute atomic E-state index is 0.00336. The third kappa shape index (κ3) is 3.94. The molecule has 0 spiro atoms. The molecule has 6 unspecified atom stereocenters. The molecule has 2 aromatic carbocycles. The van der Waals surface area contributed by atoms with Crippen molar-refractivity contribution in [1.82, 2.24) is 4.90 Å². The maximum Gasteiger partial charge on any atom is 0.258 e. The Labute approximate surface area is 283 Å². The van der Waals surface area contributed by atoms with Gasteiger partial charge in [-0.15, -0.1) is 23.2 Å². The maximum absolute atomic E-state index is 15.1. The number of hydrogen-bond acceptors (Lipinski definition) is 6. The van der Waals surface area contributed by atoms with Crippen LogP contribution in [0.25, 0.3) is 0 Å². The van der Waals surface area contributed by atoms with Crippen molar-refractivity contribution in [2.24, 2.45) is 17.8 Å². The molecule has 6 rings (SSSR count). The zero-order chi connectivity index (χ0) is 33.9. The fourth-order valence-electron chi connectivity index (χ4n) is 7.27. The summed E-state index contributed by atoms with van der Waals surface area (Å²) in [6, 6.07) is 1.25. The van der Waals surface area contributed by atoms with Crippen LogP contribution in [0.4, 0.5) is 27.6 Å². The minimum Gasteiger partial charge on any atom is -0.503 e. The van der Waals surface area contributed by atoms with Crippen molar-refractivity contribution in [2.45, 2.75) is 35.4 Å². The van der Waals surface area contributed by atoms with Gasteiger partial charge in [-0.2, -0.15) is 0 Å². The second-order valence-corrected chi connectivity index (χ2v) is 14.1. The summed E-state index contributed by atoms with van der Waals surface area (Å²) in [5, 5.41) is 10.6. The van der Waals surface area contributed by atoms with Crippen molar-refractivity contribution in [3.63, 3.8) is 0 Å². The van der Waals surface area contributed by atoms with Crippen LogP contribution in [0.3, 0.4) is 0 Å². The van der Waals surface area contributed by atoms with Crippen LogP contribution in [-0.4, -0.2) is 57.0 Å². The van der Waals surface area contributed by atoms with Gasteiger partial charge in [0.2, 0.25) is 17.6 Å². The van der Waals surface area contributed by atoms with Crippen LogP contribution in [0.1, 0.15) is 31.2 Å². The van der Waals surface area contributed by atoms with Crippen molar-refractivity contribution >= 4 is 84.4 Å². The molecule has 2 aliphatic heterocycles. The van der Waals surface area contributed by atoms with Gasteiger partial charge in [0.15, 0.2) is 44.5 Å². The molecule has 6 atom stereocenters. The SMILES string of the molecule is CCN1C(=O)C2CC=C3C(CC4(Cl)C(=O)N(c5c(F)c(F)c(F)c(F)c5F)C(=O)C4(Cl)C3c3cc(OC)c(O)c(Br)c3Br)C2C1=O. The maximum atomic E-state index is 15.1. The monoisotopic (exact) mass is 814 g/mol. The van der Waals surface area contributed by atoms with E-state index in [2.05, 4.69) is 31.9 Å². The molecule has 244 valence electrons. The van der Waals surface area contributed by atoms with Crippen molar-refractivity contribution in [2.75, 3.05) is 18.6 Å². The first-order valence-corrected chi connectivity index (χ1v) is 15.9. The predicted molar refractivity (Wildman–Crippen MR) is 159 cm³/mol. The number of halogens is 9. The second kappa shape index (κ2) is 10.9. The summed E-state index contributed by atoms with van der Waals surface area (Å²) in [5.41, 5.74) is -1.57. The highest BCUT2D eigenvalue weighted by Crippen LogP contribution is 2.67. The molecule has 1 N–H and O–H groups in total. The standard InChI is InChI=1S/C29H19Br2Cl2F5N2O6/c1-3-39-24(42)9-5-4-8-11(13(9)25(39)43)7-28(32)26(44)40(22-20(37)18(35)17(34)19(36)21(22)38)27(45)29(28,33)14(8)10-6-12(46-2)23(41)16(31)15(10)30/h4,6,9,11,13-14,41H,3,5,7H2,1-2H3. The number of methoxy groups -OCH3 is 1. The van der Waals surface area contributed by atoms with Crippen molar-refractivity contribution in [3.05, 3.63) is 61.3 Å². The number of rotatable bonds is 4. The Kier molecular flexibility index (Phi) is 7.85. The fourth-order valence-corrected chi connectivity index (χ4v) is 9.15. The van der Waals surface area contributed by atoms with Crippen LogP contribution in [0.5, 0.6) is 11.5 Å². The number of benzene rings is 2. The number of amides is 4. The molecular formula is C29H19Br2Cl2F5N2O6. The van der Waals surface area contributed by atoms with Gasteiger partial charge in [0.05, 0.1) is 23.4 Å². The predicted octanol–water partition coefficient (Wildman–Crippen LogP) is 6.20. The van der Waals surface area contributed by atoms with E-state index in [4.69, 9.17) is 27.9 Å². The summed E-state index contributed by atoms with van der Waals surface area (Å²) in [5.74, 6) is -21.7. The molecule has 4 aliphatic rings. The van der Waals surface area contributed by atoms with Gasteiger partial charge in [-0.1, -0.05) is 11.6 Å².